The standard InChI is InChI=1S/C18H13ClN2O5S/c19-14-6-5-11(7-15(14)21(24)25)18(23)20-8-17(22)26-9-12-10-27-16-4-2-1-3-13(12)16/h1-7,10H,8-9H2,(H,20,23). The van der Waals surface area contributed by atoms with Gasteiger partial charge in [0.1, 0.15) is 18.2 Å². The van der Waals surface area contributed by atoms with Gasteiger partial charge in [-0.3, -0.25) is 19.7 Å². The molecule has 0 fully saturated rings. The highest BCUT2D eigenvalue weighted by Gasteiger charge is 2.17. The fourth-order valence-corrected chi connectivity index (χ4v) is 3.54. The number of esters is 1. The Morgan fingerprint density at radius 3 is 2.78 bits per heavy atom. The van der Waals surface area contributed by atoms with Crippen LogP contribution in [0.5, 0.6) is 0 Å². The van der Waals surface area contributed by atoms with Crippen LogP contribution in [-0.2, 0) is 16.1 Å². The highest BCUT2D eigenvalue weighted by atomic mass is 35.5. The summed E-state index contributed by atoms with van der Waals surface area (Å²) >= 11 is 7.27. The molecule has 7 nitrogen and oxygen atoms in total. The molecule has 9 heteroatoms. The van der Waals surface area contributed by atoms with Gasteiger partial charge in [0.15, 0.2) is 0 Å². The molecule has 0 unspecified atom stereocenters. The lowest BCUT2D eigenvalue weighted by molar-refractivity contribution is -0.384. The van der Waals surface area contributed by atoms with Crippen LogP contribution in [0.25, 0.3) is 10.1 Å². The second-order valence-electron chi connectivity index (χ2n) is 5.52. The Hall–Kier alpha value is -2.97. The Morgan fingerprint density at radius 2 is 2.00 bits per heavy atom. The van der Waals surface area contributed by atoms with Crippen LogP contribution in [0.2, 0.25) is 5.02 Å². The highest BCUT2D eigenvalue weighted by Crippen LogP contribution is 2.26. The number of halogens is 1. The number of nitro benzene ring substituents is 1. The molecule has 0 spiro atoms. The lowest BCUT2D eigenvalue weighted by atomic mass is 10.2. The van der Waals surface area contributed by atoms with Crippen molar-refractivity contribution >= 4 is 50.6 Å². The van der Waals surface area contributed by atoms with E-state index in [1.165, 1.54) is 12.1 Å². The molecule has 27 heavy (non-hydrogen) atoms. The van der Waals surface area contributed by atoms with Crippen LogP contribution in [-0.4, -0.2) is 23.3 Å². The van der Waals surface area contributed by atoms with Gasteiger partial charge < -0.3 is 10.1 Å². The van der Waals surface area contributed by atoms with Crippen molar-refractivity contribution in [1.82, 2.24) is 5.32 Å². The number of hydrogen-bond acceptors (Lipinski definition) is 6. The fraction of sp³-hybridized carbons (Fsp3) is 0.111. The third kappa shape index (κ3) is 4.42. The molecule has 1 N–H and O–H groups in total. The van der Waals surface area contributed by atoms with E-state index in [9.17, 15) is 19.7 Å². The van der Waals surface area contributed by atoms with Crippen LogP contribution in [0.3, 0.4) is 0 Å². The maximum Gasteiger partial charge on any atom is 0.325 e. The lowest BCUT2D eigenvalue weighted by Gasteiger charge is -2.07. The summed E-state index contributed by atoms with van der Waals surface area (Å²) in [5, 5.41) is 16.1. The van der Waals surface area contributed by atoms with E-state index < -0.39 is 16.8 Å². The SMILES string of the molecule is O=C(CNC(=O)c1ccc(Cl)c([N+](=O)[O-])c1)OCc1csc2ccccc12. The number of benzene rings is 2. The number of carbonyl (C=O) groups excluding carboxylic acids is 2. The molecular formula is C18H13ClN2O5S. The van der Waals surface area contributed by atoms with E-state index in [2.05, 4.69) is 5.32 Å². The Bertz CT molecular complexity index is 1030. The molecule has 0 aliphatic heterocycles. The first-order valence-electron chi connectivity index (χ1n) is 7.78. The van der Waals surface area contributed by atoms with Gasteiger partial charge in [-0.1, -0.05) is 29.8 Å². The topological polar surface area (TPSA) is 98.5 Å². The maximum absolute atomic E-state index is 12.1. The average molecular weight is 405 g/mol. The van der Waals surface area contributed by atoms with Crippen molar-refractivity contribution in [2.45, 2.75) is 6.61 Å². The van der Waals surface area contributed by atoms with Crippen molar-refractivity contribution < 1.29 is 19.2 Å². The van der Waals surface area contributed by atoms with Crippen LogP contribution >= 0.6 is 22.9 Å². The first-order chi connectivity index (χ1) is 13.0. The van der Waals surface area contributed by atoms with E-state index >= 15 is 0 Å². The monoisotopic (exact) mass is 404 g/mol. The van der Waals surface area contributed by atoms with Crippen molar-refractivity contribution in [3.05, 3.63) is 74.1 Å². The zero-order valence-electron chi connectivity index (χ0n) is 13.8. The number of hydrogen-bond donors (Lipinski definition) is 1. The quantitative estimate of drug-likeness (QED) is 0.381. The molecule has 2 aromatic carbocycles. The summed E-state index contributed by atoms with van der Waals surface area (Å²) < 4.78 is 6.28. The van der Waals surface area contributed by atoms with E-state index in [0.29, 0.717) is 0 Å². The third-order valence-corrected chi connectivity index (χ3v) is 5.08. The van der Waals surface area contributed by atoms with E-state index in [4.69, 9.17) is 16.3 Å². The summed E-state index contributed by atoms with van der Waals surface area (Å²) in [5.41, 5.74) is 0.544. The summed E-state index contributed by atoms with van der Waals surface area (Å²) in [6.45, 7) is -0.248. The summed E-state index contributed by atoms with van der Waals surface area (Å²) in [7, 11) is 0. The minimum atomic E-state index is -0.682. The van der Waals surface area contributed by atoms with Crippen molar-refractivity contribution in [2.24, 2.45) is 0 Å². The summed E-state index contributed by atoms with van der Waals surface area (Å²) in [6, 6.07) is 11.4. The van der Waals surface area contributed by atoms with Gasteiger partial charge in [-0.05, 0) is 29.0 Å². The van der Waals surface area contributed by atoms with Crippen LogP contribution in [0, 0.1) is 10.1 Å². The van der Waals surface area contributed by atoms with E-state index in [1.54, 1.807) is 11.3 Å². The van der Waals surface area contributed by atoms with Crippen molar-refractivity contribution in [3.8, 4) is 0 Å². The van der Waals surface area contributed by atoms with E-state index in [-0.39, 0.29) is 29.4 Å². The van der Waals surface area contributed by atoms with Gasteiger partial charge in [0.05, 0.1) is 4.92 Å². The molecule has 0 radical (unpaired) electrons. The number of amides is 1. The average Bonchev–Trinajstić information content (AvgIpc) is 3.07. The van der Waals surface area contributed by atoms with Gasteiger partial charge in [-0.15, -0.1) is 11.3 Å². The number of carbonyl (C=O) groups is 2. The van der Waals surface area contributed by atoms with E-state index in [1.807, 2.05) is 29.6 Å². The Kier molecular flexibility index (Phi) is 5.68. The van der Waals surface area contributed by atoms with Crippen molar-refractivity contribution in [2.75, 3.05) is 6.54 Å². The molecule has 0 atom stereocenters. The van der Waals surface area contributed by atoms with Crippen LogP contribution in [0.4, 0.5) is 5.69 Å². The van der Waals surface area contributed by atoms with Crippen LogP contribution in [0.1, 0.15) is 15.9 Å². The summed E-state index contributed by atoms with van der Waals surface area (Å²) in [6.07, 6.45) is 0. The fourth-order valence-electron chi connectivity index (χ4n) is 2.40. The van der Waals surface area contributed by atoms with Crippen LogP contribution in [0.15, 0.2) is 47.8 Å². The van der Waals surface area contributed by atoms with Gasteiger partial charge in [0.2, 0.25) is 0 Å². The van der Waals surface area contributed by atoms with E-state index in [0.717, 1.165) is 21.7 Å². The molecular weight excluding hydrogens is 392 g/mol. The third-order valence-electron chi connectivity index (χ3n) is 3.75. The minimum Gasteiger partial charge on any atom is -0.459 e. The van der Waals surface area contributed by atoms with Gasteiger partial charge in [0.25, 0.3) is 11.6 Å². The number of fused-ring (bicyclic) bond motifs is 1. The minimum absolute atomic E-state index is 0.0303. The smallest absolute Gasteiger partial charge is 0.325 e. The molecule has 1 heterocycles. The predicted molar refractivity (Wildman–Crippen MR) is 102 cm³/mol. The first-order valence-corrected chi connectivity index (χ1v) is 9.04. The first kappa shape index (κ1) is 18.8. The van der Waals surface area contributed by atoms with Crippen molar-refractivity contribution in [1.29, 1.82) is 0 Å². The molecule has 3 aromatic rings. The molecule has 0 aliphatic rings. The number of thiophene rings is 1. The molecule has 0 bridgehead atoms. The van der Waals surface area contributed by atoms with Gasteiger partial charge in [-0.2, -0.15) is 0 Å². The van der Waals surface area contributed by atoms with Crippen LogP contribution < -0.4 is 5.32 Å². The predicted octanol–water partition coefficient (Wildman–Crippen LogP) is 3.94. The number of nitrogens with zero attached hydrogens (tertiary/aromatic N) is 1. The van der Waals surface area contributed by atoms with Crippen molar-refractivity contribution in [3.63, 3.8) is 0 Å². The van der Waals surface area contributed by atoms with Gasteiger partial charge in [-0.25, -0.2) is 0 Å². The molecule has 1 amide bonds. The summed E-state index contributed by atoms with van der Waals surface area (Å²) in [4.78, 5) is 34.1. The maximum atomic E-state index is 12.1. The number of ether oxygens (including phenoxy) is 1. The number of nitrogens with one attached hydrogen (secondary N) is 1. The zero-order chi connectivity index (χ0) is 19.4. The highest BCUT2D eigenvalue weighted by molar-refractivity contribution is 7.17. The Labute approximate surface area is 162 Å². The second-order valence-corrected chi connectivity index (χ2v) is 6.84. The molecule has 0 saturated carbocycles. The normalized spacial score (nSPS) is 10.6. The van der Waals surface area contributed by atoms with Gasteiger partial charge >= 0.3 is 5.97 Å². The largest absolute Gasteiger partial charge is 0.459 e. The second kappa shape index (κ2) is 8.15. The Balaban J connectivity index is 1.55. The number of nitro groups is 1. The molecule has 1 aromatic heterocycles. The Morgan fingerprint density at radius 1 is 1.22 bits per heavy atom. The molecule has 3 rings (SSSR count). The summed E-state index contributed by atoms with van der Waals surface area (Å²) in [5.74, 6) is -1.24. The van der Waals surface area contributed by atoms with Gasteiger partial charge in [0, 0.05) is 21.9 Å². The molecule has 0 saturated heterocycles. The zero-order valence-corrected chi connectivity index (χ0v) is 15.4. The molecule has 0 aliphatic carbocycles. The molecule has 138 valence electrons. The lowest BCUT2D eigenvalue weighted by Crippen LogP contribution is -2.30. The number of rotatable bonds is 6.